The van der Waals surface area contributed by atoms with E-state index in [1.54, 1.807) is 0 Å². The maximum Gasteiger partial charge on any atom is 0.0271 e. The third kappa shape index (κ3) is 6.54. The fourth-order valence-corrected chi connectivity index (χ4v) is 8.91. The van der Waals surface area contributed by atoms with E-state index in [-0.39, 0.29) is 0 Å². The van der Waals surface area contributed by atoms with E-state index in [1.165, 1.54) is 12.8 Å². The van der Waals surface area contributed by atoms with Crippen molar-refractivity contribution in [3.8, 4) is 0 Å². The molecule has 2 atom stereocenters. The van der Waals surface area contributed by atoms with Gasteiger partial charge in [-0.2, -0.15) is 0 Å². The number of unbranched alkanes of at least 4 members (excludes halogenated alkanes) is 4. The molecule has 27 heavy (non-hydrogen) atoms. The lowest BCUT2D eigenvalue weighted by Gasteiger charge is -2.46. The van der Waals surface area contributed by atoms with E-state index in [9.17, 15) is 0 Å². The van der Waals surface area contributed by atoms with Crippen LogP contribution in [-0.4, -0.2) is 11.5 Å². The lowest BCUT2D eigenvalue weighted by Crippen LogP contribution is -2.27. The maximum absolute atomic E-state index is 6.99. The van der Waals surface area contributed by atoms with Crippen LogP contribution in [0.3, 0.4) is 0 Å². The Morgan fingerprint density at radius 3 is 1.33 bits per heavy atom. The molecule has 0 amide bonds. The molecule has 3 nitrogen and oxygen atoms in total. The first-order valence-electron chi connectivity index (χ1n) is 10.0. The molecular formula is C22H36N2OS2. The molecule has 2 unspecified atom stereocenters. The van der Waals surface area contributed by atoms with E-state index < -0.39 is 21.0 Å². The third-order valence-electron chi connectivity index (χ3n) is 4.63. The highest BCUT2D eigenvalue weighted by molar-refractivity contribution is 8.40. The number of hydrogen-bond acceptors (Lipinski definition) is 3. The number of rotatable bonds is 12. The SMILES string of the molecule is CCCCCS(N)(OS(N)(CCCCC)c1ccccc1)c1ccccc1. The summed E-state index contributed by atoms with van der Waals surface area (Å²) in [6.45, 7) is 4.42. The summed E-state index contributed by atoms with van der Waals surface area (Å²) in [6, 6.07) is 20.6. The molecule has 2 aromatic rings. The quantitative estimate of drug-likeness (QED) is 0.385. The molecule has 152 valence electrons. The summed E-state index contributed by atoms with van der Waals surface area (Å²) >= 11 is 0. The Bertz CT molecular complexity index is 598. The molecule has 0 aliphatic heterocycles. The minimum absolute atomic E-state index is 0.859. The number of nitrogens with two attached hydrogens (primary N) is 2. The third-order valence-corrected chi connectivity index (χ3v) is 10.5. The Morgan fingerprint density at radius 2 is 1.00 bits per heavy atom. The molecule has 5 heteroatoms. The highest BCUT2D eigenvalue weighted by Crippen LogP contribution is 2.65. The van der Waals surface area contributed by atoms with Gasteiger partial charge < -0.3 is 0 Å². The normalized spacial score (nSPS) is 18.2. The van der Waals surface area contributed by atoms with Crippen LogP contribution < -0.4 is 10.3 Å². The summed E-state index contributed by atoms with van der Waals surface area (Å²) in [5, 5.41) is 14.0. The summed E-state index contributed by atoms with van der Waals surface area (Å²) in [4.78, 5) is 2.18. The molecule has 0 heterocycles. The van der Waals surface area contributed by atoms with Crippen molar-refractivity contribution in [3.05, 3.63) is 60.7 Å². The molecule has 2 rings (SSSR count). The van der Waals surface area contributed by atoms with E-state index in [2.05, 4.69) is 38.1 Å². The fraction of sp³-hybridized carbons (Fsp3) is 0.455. The van der Waals surface area contributed by atoms with Crippen molar-refractivity contribution in [2.75, 3.05) is 11.5 Å². The minimum Gasteiger partial charge on any atom is -0.270 e. The molecule has 4 N–H and O–H groups in total. The van der Waals surface area contributed by atoms with Crippen molar-refractivity contribution in [1.29, 1.82) is 0 Å². The summed E-state index contributed by atoms with van der Waals surface area (Å²) < 4.78 is 6.81. The van der Waals surface area contributed by atoms with Gasteiger partial charge in [-0.05, 0) is 58.1 Å². The predicted molar refractivity (Wildman–Crippen MR) is 123 cm³/mol. The lowest BCUT2D eigenvalue weighted by atomic mass is 10.3. The fourth-order valence-electron chi connectivity index (χ4n) is 3.03. The molecule has 0 fully saturated rings. The maximum atomic E-state index is 6.99. The molecule has 0 bridgehead atoms. The van der Waals surface area contributed by atoms with Gasteiger partial charge in [0, 0.05) is 21.3 Å². The minimum atomic E-state index is -1.92. The Hall–Kier alpha value is -0.980. The second-order valence-electron chi connectivity index (χ2n) is 6.97. The van der Waals surface area contributed by atoms with Gasteiger partial charge in [0.15, 0.2) is 0 Å². The van der Waals surface area contributed by atoms with Gasteiger partial charge in [0.1, 0.15) is 0 Å². The van der Waals surface area contributed by atoms with Crippen LogP contribution in [0.15, 0.2) is 70.5 Å². The van der Waals surface area contributed by atoms with Crippen LogP contribution in [0.2, 0.25) is 0 Å². The zero-order valence-corrected chi connectivity index (χ0v) is 18.4. The number of hydrogen-bond donors (Lipinski definition) is 2. The van der Waals surface area contributed by atoms with Gasteiger partial charge in [0.2, 0.25) is 0 Å². The predicted octanol–water partition coefficient (Wildman–Crippen LogP) is 6.69. The summed E-state index contributed by atoms with van der Waals surface area (Å²) in [5.41, 5.74) is 0. The van der Waals surface area contributed by atoms with Gasteiger partial charge in [0.05, 0.1) is 0 Å². The topological polar surface area (TPSA) is 61.3 Å². The molecule has 0 aliphatic carbocycles. The van der Waals surface area contributed by atoms with Gasteiger partial charge in [-0.25, -0.2) is 0 Å². The first-order valence-corrected chi connectivity index (χ1v) is 13.6. The van der Waals surface area contributed by atoms with Crippen molar-refractivity contribution in [2.45, 2.75) is 62.2 Å². The van der Waals surface area contributed by atoms with Crippen LogP contribution in [0.4, 0.5) is 0 Å². The smallest absolute Gasteiger partial charge is 0.0271 e. The highest BCUT2D eigenvalue weighted by Gasteiger charge is 2.33. The molecule has 0 saturated carbocycles. The van der Waals surface area contributed by atoms with E-state index in [0.29, 0.717) is 0 Å². The average Bonchev–Trinajstić information content (AvgIpc) is 2.70. The van der Waals surface area contributed by atoms with Crippen molar-refractivity contribution in [2.24, 2.45) is 10.3 Å². The van der Waals surface area contributed by atoms with Crippen LogP contribution in [0, 0.1) is 0 Å². The Balaban J connectivity index is 2.33. The van der Waals surface area contributed by atoms with Crippen molar-refractivity contribution < 1.29 is 3.63 Å². The van der Waals surface area contributed by atoms with Gasteiger partial charge in [-0.3, -0.25) is 13.9 Å². The van der Waals surface area contributed by atoms with Gasteiger partial charge in [0.25, 0.3) is 0 Å². The summed E-state index contributed by atoms with van der Waals surface area (Å²) in [6.07, 6.45) is 6.79. The monoisotopic (exact) mass is 408 g/mol. The Morgan fingerprint density at radius 1 is 0.630 bits per heavy atom. The summed E-state index contributed by atoms with van der Waals surface area (Å²) in [7, 11) is -3.84. The molecule has 0 radical (unpaired) electrons. The zero-order valence-electron chi connectivity index (χ0n) is 16.8. The van der Waals surface area contributed by atoms with E-state index in [4.69, 9.17) is 13.9 Å². The molecule has 0 spiro atoms. The van der Waals surface area contributed by atoms with Gasteiger partial charge in [-0.1, -0.05) is 75.9 Å². The second kappa shape index (κ2) is 11.1. The number of benzene rings is 2. The molecular weight excluding hydrogens is 372 g/mol. The second-order valence-corrected chi connectivity index (χ2v) is 12.2. The molecule has 2 aromatic carbocycles. The van der Waals surface area contributed by atoms with E-state index >= 15 is 0 Å². The van der Waals surface area contributed by atoms with Crippen molar-refractivity contribution in [1.82, 2.24) is 0 Å². The van der Waals surface area contributed by atoms with Crippen molar-refractivity contribution in [3.63, 3.8) is 0 Å². The van der Waals surface area contributed by atoms with E-state index in [1.807, 2.05) is 36.4 Å². The van der Waals surface area contributed by atoms with Crippen LogP contribution in [0.5, 0.6) is 0 Å². The Kier molecular flexibility index (Phi) is 9.19. The van der Waals surface area contributed by atoms with Crippen LogP contribution in [0.25, 0.3) is 0 Å². The first-order chi connectivity index (χ1) is 13.0. The first kappa shape index (κ1) is 22.3. The van der Waals surface area contributed by atoms with E-state index in [0.717, 1.165) is 47.0 Å². The lowest BCUT2D eigenvalue weighted by molar-refractivity contribution is 0.656. The van der Waals surface area contributed by atoms with Crippen LogP contribution in [-0.2, 0) is 3.63 Å². The standard InChI is InChI=1S/C22H36N2OS2/c1-3-5-13-19-26(23,21-15-9-7-10-16-21)25-27(24,20-14-6-4-2)22-17-11-8-12-18-22/h7-12,15-18H,3-6,13-14,19-20,23-24H2,1-2H3. The van der Waals surface area contributed by atoms with Crippen molar-refractivity contribution >= 4 is 21.0 Å². The molecule has 0 aliphatic rings. The highest BCUT2D eigenvalue weighted by atomic mass is 32.3. The van der Waals surface area contributed by atoms with Gasteiger partial charge in [-0.15, -0.1) is 0 Å². The summed E-state index contributed by atoms with van der Waals surface area (Å²) in [5.74, 6) is 1.72. The van der Waals surface area contributed by atoms with Gasteiger partial charge >= 0.3 is 0 Å². The van der Waals surface area contributed by atoms with Crippen LogP contribution in [0.1, 0.15) is 52.4 Å². The molecule has 0 saturated heterocycles. The average molecular weight is 409 g/mol. The molecule has 0 aromatic heterocycles. The largest absolute Gasteiger partial charge is 0.270 e. The van der Waals surface area contributed by atoms with Crippen LogP contribution >= 0.6 is 21.0 Å². The Labute approximate surface area is 169 Å². The zero-order chi connectivity index (χ0) is 19.6.